The van der Waals surface area contributed by atoms with E-state index in [-0.39, 0.29) is 30.8 Å². The first-order valence-electron chi connectivity index (χ1n) is 8.90. The number of aliphatic hydroxyl groups is 2. The van der Waals surface area contributed by atoms with Crippen LogP contribution in [0.1, 0.15) is 51.9 Å². The van der Waals surface area contributed by atoms with Crippen LogP contribution >= 0.6 is 0 Å². The van der Waals surface area contributed by atoms with Gasteiger partial charge in [0, 0.05) is 25.9 Å². The molecule has 0 bridgehead atoms. The molecule has 0 radical (unpaired) electrons. The Balaban J connectivity index is 1.57. The second-order valence-electron chi connectivity index (χ2n) is 7.07. The molecule has 0 aromatic rings. The lowest BCUT2D eigenvalue weighted by Gasteiger charge is -2.30. The van der Waals surface area contributed by atoms with E-state index in [1.807, 2.05) is 0 Å². The lowest BCUT2D eigenvalue weighted by molar-refractivity contribution is -0.170. The zero-order valence-electron chi connectivity index (χ0n) is 13.6. The van der Waals surface area contributed by atoms with Crippen LogP contribution in [0.15, 0.2) is 0 Å². The highest BCUT2D eigenvalue weighted by Gasteiger charge is 2.49. The third-order valence-corrected chi connectivity index (χ3v) is 5.65. The van der Waals surface area contributed by atoms with Gasteiger partial charge in [0.1, 0.15) is 0 Å². The summed E-state index contributed by atoms with van der Waals surface area (Å²) in [7, 11) is 0. The van der Waals surface area contributed by atoms with Gasteiger partial charge >= 0.3 is 0 Å². The van der Waals surface area contributed by atoms with Crippen molar-refractivity contribution in [3.05, 3.63) is 0 Å². The van der Waals surface area contributed by atoms with Crippen LogP contribution in [0, 0.1) is 11.8 Å². The van der Waals surface area contributed by atoms with Gasteiger partial charge in [-0.15, -0.1) is 0 Å². The molecule has 2 aliphatic heterocycles. The molecule has 5 atom stereocenters. The first kappa shape index (κ1) is 16.7. The number of hydrogen-bond acceptors (Lipinski definition) is 5. The Morgan fingerprint density at radius 3 is 2.55 bits per heavy atom. The molecular weight excluding hydrogens is 284 g/mol. The number of fused-ring (bicyclic) bond motifs is 1. The van der Waals surface area contributed by atoms with Gasteiger partial charge in [0.25, 0.3) is 0 Å². The Morgan fingerprint density at radius 1 is 1.09 bits per heavy atom. The largest absolute Gasteiger partial charge is 0.396 e. The van der Waals surface area contributed by atoms with Crippen LogP contribution in [0.25, 0.3) is 0 Å². The van der Waals surface area contributed by atoms with Gasteiger partial charge in [0.15, 0.2) is 5.79 Å². The molecule has 0 spiro atoms. The molecule has 2 saturated heterocycles. The van der Waals surface area contributed by atoms with Crippen molar-refractivity contribution in [2.24, 2.45) is 11.8 Å². The molecule has 22 heavy (non-hydrogen) atoms. The Morgan fingerprint density at radius 2 is 1.86 bits per heavy atom. The van der Waals surface area contributed by atoms with Gasteiger partial charge in [-0.05, 0) is 31.1 Å². The van der Waals surface area contributed by atoms with E-state index in [2.05, 4.69) is 6.92 Å². The second kappa shape index (κ2) is 7.14. The second-order valence-corrected chi connectivity index (χ2v) is 7.07. The monoisotopic (exact) mass is 314 g/mol. The van der Waals surface area contributed by atoms with Crippen molar-refractivity contribution >= 4 is 0 Å². The van der Waals surface area contributed by atoms with Crippen LogP contribution in [0.2, 0.25) is 0 Å². The maximum Gasteiger partial charge on any atom is 0.168 e. The first-order chi connectivity index (χ1) is 10.7. The summed E-state index contributed by atoms with van der Waals surface area (Å²) in [6.07, 6.45) is 6.23. The molecular formula is C17H30O5. The molecule has 5 nitrogen and oxygen atoms in total. The Kier molecular flexibility index (Phi) is 5.40. The minimum absolute atomic E-state index is 0.165. The predicted molar refractivity (Wildman–Crippen MR) is 81.4 cm³/mol. The zero-order valence-corrected chi connectivity index (χ0v) is 13.6. The highest BCUT2D eigenvalue weighted by atomic mass is 16.7. The molecule has 3 rings (SSSR count). The molecule has 2 unspecified atom stereocenters. The van der Waals surface area contributed by atoms with Crippen LogP contribution in [-0.2, 0) is 14.2 Å². The van der Waals surface area contributed by atoms with E-state index in [0.29, 0.717) is 25.6 Å². The van der Waals surface area contributed by atoms with Crippen LogP contribution in [-0.4, -0.2) is 54.1 Å². The maximum absolute atomic E-state index is 10.4. The third kappa shape index (κ3) is 3.34. The van der Waals surface area contributed by atoms with Crippen molar-refractivity contribution in [2.45, 2.75) is 76.0 Å². The fourth-order valence-electron chi connectivity index (χ4n) is 4.65. The zero-order chi connectivity index (χ0) is 15.6. The Bertz CT molecular complexity index is 355. The minimum atomic E-state index is -0.420. The molecule has 0 amide bonds. The van der Waals surface area contributed by atoms with E-state index in [9.17, 15) is 5.11 Å². The first-order valence-corrected chi connectivity index (χ1v) is 8.90. The smallest absolute Gasteiger partial charge is 0.168 e. The lowest BCUT2D eigenvalue weighted by atomic mass is 9.85. The topological polar surface area (TPSA) is 68.2 Å². The van der Waals surface area contributed by atoms with Crippen molar-refractivity contribution in [3.8, 4) is 0 Å². The molecule has 5 heteroatoms. The summed E-state index contributed by atoms with van der Waals surface area (Å²) in [5.74, 6) is 0.276. The number of rotatable bonds is 7. The summed E-state index contributed by atoms with van der Waals surface area (Å²) in [5, 5.41) is 19.5. The number of aliphatic hydroxyl groups excluding tert-OH is 2. The van der Waals surface area contributed by atoms with Gasteiger partial charge in [-0.2, -0.15) is 0 Å². The lowest BCUT2D eigenvalue weighted by Crippen LogP contribution is -2.32. The van der Waals surface area contributed by atoms with Crippen LogP contribution in [0.4, 0.5) is 0 Å². The van der Waals surface area contributed by atoms with Crippen LogP contribution in [0.5, 0.6) is 0 Å². The highest BCUT2D eigenvalue weighted by molar-refractivity contribution is 4.97. The fraction of sp³-hybridized carbons (Fsp3) is 1.00. The van der Waals surface area contributed by atoms with E-state index in [1.165, 1.54) is 0 Å². The van der Waals surface area contributed by atoms with E-state index in [4.69, 9.17) is 19.3 Å². The van der Waals surface area contributed by atoms with Crippen molar-refractivity contribution in [1.82, 2.24) is 0 Å². The molecule has 0 aromatic heterocycles. The summed E-state index contributed by atoms with van der Waals surface area (Å²) in [4.78, 5) is 0. The summed E-state index contributed by atoms with van der Waals surface area (Å²) in [5.41, 5.74) is 0. The predicted octanol–water partition coefficient (Wildman–Crippen LogP) is 1.85. The Hall–Kier alpha value is -0.200. The average Bonchev–Trinajstić information content (AvgIpc) is 3.14. The third-order valence-electron chi connectivity index (χ3n) is 5.65. The van der Waals surface area contributed by atoms with Crippen molar-refractivity contribution in [1.29, 1.82) is 0 Å². The van der Waals surface area contributed by atoms with Crippen molar-refractivity contribution in [3.63, 3.8) is 0 Å². The highest BCUT2D eigenvalue weighted by Crippen LogP contribution is 2.47. The van der Waals surface area contributed by atoms with Crippen molar-refractivity contribution < 1.29 is 24.4 Å². The summed E-state index contributed by atoms with van der Waals surface area (Å²) in [6.45, 7) is 3.69. The molecule has 2 N–H and O–H groups in total. The van der Waals surface area contributed by atoms with Gasteiger partial charge in [-0.1, -0.05) is 13.3 Å². The Labute approximate surface area is 132 Å². The number of ether oxygens (including phenoxy) is 3. The van der Waals surface area contributed by atoms with E-state index in [1.54, 1.807) is 0 Å². The van der Waals surface area contributed by atoms with E-state index < -0.39 is 5.79 Å². The van der Waals surface area contributed by atoms with Gasteiger partial charge in [0.2, 0.25) is 0 Å². The summed E-state index contributed by atoms with van der Waals surface area (Å²) >= 11 is 0. The molecule has 0 aromatic carbocycles. The normalized spacial score (nSPS) is 40.2. The SMILES string of the molecule is CCCC1(CCC2[C@H](O)C[C@@H]3OC(CCO)C[C@H]23)OCCO1. The quantitative estimate of drug-likeness (QED) is 0.750. The van der Waals surface area contributed by atoms with Crippen molar-refractivity contribution in [2.75, 3.05) is 19.8 Å². The van der Waals surface area contributed by atoms with E-state index in [0.717, 1.165) is 38.5 Å². The van der Waals surface area contributed by atoms with Crippen LogP contribution in [0.3, 0.4) is 0 Å². The molecule has 128 valence electrons. The standard InChI is InChI=1S/C17H30O5/c1-2-5-17(20-8-9-21-17)6-3-13-14-10-12(4-7-18)22-16(14)11-15(13)19/h12-16,18-19H,2-11H2,1H3/t12?,13?,14-,15-,16+/m1/s1. The van der Waals surface area contributed by atoms with E-state index >= 15 is 0 Å². The molecule has 1 saturated carbocycles. The van der Waals surface area contributed by atoms with Gasteiger partial charge in [-0.25, -0.2) is 0 Å². The van der Waals surface area contributed by atoms with Gasteiger partial charge in [0.05, 0.1) is 31.5 Å². The minimum Gasteiger partial charge on any atom is -0.396 e. The molecule has 3 aliphatic rings. The molecule has 2 heterocycles. The average molecular weight is 314 g/mol. The molecule has 3 fully saturated rings. The van der Waals surface area contributed by atoms with Crippen LogP contribution < -0.4 is 0 Å². The van der Waals surface area contributed by atoms with Gasteiger partial charge < -0.3 is 24.4 Å². The summed E-state index contributed by atoms with van der Waals surface area (Å²) < 4.78 is 17.7. The maximum atomic E-state index is 10.4. The number of hydrogen-bond donors (Lipinski definition) is 2. The fourth-order valence-corrected chi connectivity index (χ4v) is 4.65. The molecule has 1 aliphatic carbocycles. The summed E-state index contributed by atoms with van der Waals surface area (Å²) in [6, 6.07) is 0. The van der Waals surface area contributed by atoms with Gasteiger partial charge in [-0.3, -0.25) is 0 Å².